The van der Waals surface area contributed by atoms with Crippen LogP contribution in [-0.2, 0) is 16.0 Å². The van der Waals surface area contributed by atoms with E-state index in [-0.39, 0.29) is 18.2 Å². The lowest BCUT2D eigenvalue weighted by Gasteiger charge is -2.15. The Hall–Kier alpha value is -4.34. The van der Waals surface area contributed by atoms with Crippen molar-refractivity contribution in [2.45, 2.75) is 18.1 Å². The molecule has 1 aliphatic rings. The third kappa shape index (κ3) is 7.45. The molecule has 0 spiro atoms. The number of amidine groups is 1. The van der Waals surface area contributed by atoms with E-state index < -0.39 is 5.25 Å². The summed E-state index contributed by atoms with van der Waals surface area (Å²) < 4.78 is 11.0. The Morgan fingerprint density at radius 3 is 2.54 bits per heavy atom. The van der Waals surface area contributed by atoms with Gasteiger partial charge in [0.15, 0.2) is 5.17 Å². The van der Waals surface area contributed by atoms with E-state index in [9.17, 15) is 9.59 Å². The summed E-state index contributed by atoms with van der Waals surface area (Å²) in [6.45, 7) is 0.419. The van der Waals surface area contributed by atoms with Crippen molar-refractivity contribution in [3.8, 4) is 17.1 Å². The smallest absolute Gasteiger partial charge is 0.242 e. The Balaban J connectivity index is 1.28. The first-order valence-electron chi connectivity index (χ1n) is 12.9. The van der Waals surface area contributed by atoms with Crippen molar-refractivity contribution < 1.29 is 18.7 Å². The number of ether oxygens (including phenoxy) is 1. The average molecular weight is 587 g/mol. The van der Waals surface area contributed by atoms with E-state index in [2.05, 4.69) is 15.5 Å². The molecular formula is C31H27ClN4O4S. The Labute approximate surface area is 247 Å². The van der Waals surface area contributed by atoms with Crippen LogP contribution in [0.4, 0.5) is 5.69 Å². The predicted octanol–water partition coefficient (Wildman–Crippen LogP) is 6.51. The van der Waals surface area contributed by atoms with Crippen molar-refractivity contribution in [2.75, 3.05) is 19.0 Å². The molecule has 2 amide bonds. The zero-order valence-corrected chi connectivity index (χ0v) is 23.8. The molecular weight excluding hydrogens is 560 g/mol. The highest BCUT2D eigenvalue weighted by molar-refractivity contribution is 8.15. The largest absolute Gasteiger partial charge is 0.497 e. The molecule has 2 heterocycles. The van der Waals surface area contributed by atoms with E-state index in [0.717, 1.165) is 11.1 Å². The maximum atomic E-state index is 13.4. The van der Waals surface area contributed by atoms with Gasteiger partial charge in [0, 0.05) is 29.2 Å². The van der Waals surface area contributed by atoms with Crippen molar-refractivity contribution in [3.05, 3.63) is 107 Å². The van der Waals surface area contributed by atoms with Crippen LogP contribution in [0, 0.1) is 0 Å². The Morgan fingerprint density at radius 1 is 1.05 bits per heavy atom. The molecule has 5 rings (SSSR count). The number of benzene rings is 3. The van der Waals surface area contributed by atoms with Crippen LogP contribution in [0.1, 0.15) is 17.7 Å². The summed E-state index contributed by atoms with van der Waals surface area (Å²) in [7, 11) is 1.58. The predicted molar refractivity (Wildman–Crippen MR) is 164 cm³/mol. The van der Waals surface area contributed by atoms with E-state index in [4.69, 9.17) is 20.8 Å². The van der Waals surface area contributed by atoms with Crippen molar-refractivity contribution >= 4 is 52.2 Å². The molecule has 4 aromatic rings. The lowest BCUT2D eigenvalue weighted by atomic mass is 10.1. The van der Waals surface area contributed by atoms with Crippen LogP contribution in [0.5, 0.6) is 5.75 Å². The molecule has 0 saturated carbocycles. The third-order valence-electron chi connectivity index (χ3n) is 6.32. The normalized spacial score (nSPS) is 16.0. The lowest BCUT2D eigenvalue weighted by Crippen LogP contribution is -2.35. The van der Waals surface area contributed by atoms with Gasteiger partial charge in [-0.2, -0.15) is 5.10 Å². The first-order valence-corrected chi connectivity index (χ1v) is 14.2. The lowest BCUT2D eigenvalue weighted by molar-refractivity contribution is -0.128. The van der Waals surface area contributed by atoms with Gasteiger partial charge in [0.1, 0.15) is 22.5 Å². The van der Waals surface area contributed by atoms with Gasteiger partial charge in [-0.15, -0.1) is 5.10 Å². The van der Waals surface area contributed by atoms with Gasteiger partial charge in [-0.25, -0.2) is 0 Å². The molecule has 1 atom stereocenters. The molecule has 0 radical (unpaired) electrons. The Kier molecular flexibility index (Phi) is 9.18. The zero-order valence-electron chi connectivity index (χ0n) is 22.2. The number of carbonyl (C=O) groups is 2. The summed E-state index contributed by atoms with van der Waals surface area (Å²) in [5, 5.41) is 11.9. The minimum absolute atomic E-state index is 0.00271. The number of methoxy groups -OCH3 is 1. The highest BCUT2D eigenvalue weighted by Gasteiger charge is 2.39. The van der Waals surface area contributed by atoms with Crippen LogP contribution in [0.15, 0.2) is 106 Å². The van der Waals surface area contributed by atoms with Gasteiger partial charge >= 0.3 is 0 Å². The summed E-state index contributed by atoms with van der Waals surface area (Å²) in [4.78, 5) is 27.8. The van der Waals surface area contributed by atoms with E-state index in [0.29, 0.717) is 46.1 Å². The quantitative estimate of drug-likeness (QED) is 0.169. The molecule has 41 heavy (non-hydrogen) atoms. The number of carbonyl (C=O) groups excluding carboxylic acids is 2. The second-order valence-electron chi connectivity index (χ2n) is 9.15. The van der Waals surface area contributed by atoms with Gasteiger partial charge in [0.25, 0.3) is 0 Å². The molecule has 208 valence electrons. The second-order valence-corrected chi connectivity index (χ2v) is 10.8. The summed E-state index contributed by atoms with van der Waals surface area (Å²) >= 11 is 7.21. The molecule has 0 bridgehead atoms. The molecule has 1 fully saturated rings. The first kappa shape index (κ1) is 28.2. The van der Waals surface area contributed by atoms with Gasteiger partial charge in [0.2, 0.25) is 11.8 Å². The van der Waals surface area contributed by atoms with Gasteiger partial charge < -0.3 is 14.5 Å². The first-order chi connectivity index (χ1) is 20.0. The molecule has 1 unspecified atom stereocenters. The number of nitrogens with zero attached hydrogens (tertiary/aromatic N) is 3. The van der Waals surface area contributed by atoms with Crippen molar-refractivity contribution in [1.82, 2.24) is 4.90 Å². The van der Waals surface area contributed by atoms with Gasteiger partial charge in [-0.05, 0) is 72.6 Å². The number of furan rings is 1. The number of nitrogens with one attached hydrogen (secondary N) is 1. The number of thioether (sulfide) groups is 1. The zero-order chi connectivity index (χ0) is 28.6. The topological polar surface area (TPSA) is 96.5 Å². The van der Waals surface area contributed by atoms with Crippen LogP contribution in [-0.4, -0.2) is 47.0 Å². The summed E-state index contributed by atoms with van der Waals surface area (Å²) in [6, 6.07) is 27.9. The standard InChI is InChI=1S/C31H27ClN4O4S/c1-39-25-13-11-24(12-14-25)34-29(37)19-28-30(38)36(18-17-21-5-3-2-4-6-21)31(41-28)35-33-20-26-15-16-27(40-26)22-7-9-23(32)10-8-22/h2-16,20,28H,17-19H2,1H3,(H,34,37)/b33-20+,35-31-. The maximum Gasteiger partial charge on any atom is 0.242 e. The van der Waals surface area contributed by atoms with E-state index in [1.807, 2.05) is 48.5 Å². The fourth-order valence-electron chi connectivity index (χ4n) is 4.19. The molecule has 3 aromatic carbocycles. The van der Waals surface area contributed by atoms with E-state index in [1.165, 1.54) is 18.0 Å². The van der Waals surface area contributed by atoms with Gasteiger partial charge in [0.05, 0.1) is 13.3 Å². The number of halogens is 1. The fourth-order valence-corrected chi connectivity index (χ4v) is 5.43. The second kappa shape index (κ2) is 13.3. The van der Waals surface area contributed by atoms with Crippen LogP contribution >= 0.6 is 23.4 Å². The molecule has 1 N–H and O–H groups in total. The third-order valence-corrected chi connectivity index (χ3v) is 7.73. The maximum absolute atomic E-state index is 13.4. The van der Waals surface area contributed by atoms with E-state index in [1.54, 1.807) is 54.5 Å². The van der Waals surface area contributed by atoms with Crippen LogP contribution in [0.2, 0.25) is 5.02 Å². The summed E-state index contributed by atoms with van der Waals surface area (Å²) in [6.07, 6.45) is 2.14. The Morgan fingerprint density at radius 2 is 1.80 bits per heavy atom. The molecule has 8 nitrogen and oxygen atoms in total. The van der Waals surface area contributed by atoms with Crippen LogP contribution in [0.3, 0.4) is 0 Å². The summed E-state index contributed by atoms with van der Waals surface area (Å²) in [5.41, 5.74) is 2.61. The van der Waals surface area contributed by atoms with E-state index >= 15 is 0 Å². The molecule has 1 aromatic heterocycles. The summed E-state index contributed by atoms with van der Waals surface area (Å²) in [5.74, 6) is 1.44. The molecule has 1 saturated heterocycles. The number of hydrogen-bond acceptors (Lipinski definition) is 7. The number of amides is 2. The van der Waals surface area contributed by atoms with Crippen molar-refractivity contribution in [3.63, 3.8) is 0 Å². The van der Waals surface area contributed by atoms with Crippen LogP contribution < -0.4 is 10.1 Å². The highest BCUT2D eigenvalue weighted by atomic mass is 35.5. The Bertz CT molecular complexity index is 1550. The minimum atomic E-state index is -0.613. The van der Waals surface area contributed by atoms with Crippen molar-refractivity contribution in [1.29, 1.82) is 0 Å². The molecule has 0 aliphatic carbocycles. The fraction of sp³-hybridized carbons (Fsp3) is 0.161. The SMILES string of the molecule is COc1ccc(NC(=O)CC2S/C(=N\N=C\c3ccc(-c4ccc(Cl)cc4)o3)N(CCc3ccccc3)C2=O)cc1. The number of rotatable bonds is 10. The molecule has 1 aliphatic heterocycles. The molecule has 10 heteroatoms. The van der Waals surface area contributed by atoms with Crippen LogP contribution in [0.25, 0.3) is 11.3 Å². The number of hydrogen-bond donors (Lipinski definition) is 1. The highest BCUT2D eigenvalue weighted by Crippen LogP contribution is 2.31. The average Bonchev–Trinajstić information content (AvgIpc) is 3.57. The van der Waals surface area contributed by atoms with Gasteiger partial charge in [-0.1, -0.05) is 53.7 Å². The van der Waals surface area contributed by atoms with Gasteiger partial charge in [-0.3, -0.25) is 14.5 Å². The monoisotopic (exact) mass is 586 g/mol. The minimum Gasteiger partial charge on any atom is -0.497 e. The van der Waals surface area contributed by atoms with Crippen molar-refractivity contribution in [2.24, 2.45) is 10.2 Å². The number of anilines is 1.